The lowest BCUT2D eigenvalue weighted by molar-refractivity contribution is -0.777. The topological polar surface area (TPSA) is 123 Å². The lowest BCUT2D eigenvalue weighted by Gasteiger charge is -2.24. The molecule has 0 aliphatic heterocycles. The van der Waals surface area contributed by atoms with Crippen LogP contribution in [0.25, 0.3) is 10.8 Å². The summed E-state index contributed by atoms with van der Waals surface area (Å²) in [6.07, 6.45) is -2.53. The van der Waals surface area contributed by atoms with Crippen LogP contribution < -0.4 is 4.74 Å². The van der Waals surface area contributed by atoms with Crippen molar-refractivity contribution in [1.82, 2.24) is 0 Å². The van der Waals surface area contributed by atoms with Gasteiger partial charge in [-0.3, -0.25) is 9.63 Å². The standard InChI is InChI=1S/C22H27NO9/c1-14(16-6-7-18-11-19(28-5)9-8-17(18)10-16)20(24)29-12-22(3,4)13-30-21(25)31-15(2)32-23(26)27/h6-11,14-15H,12-13H2,1-5H3/t14?,15-/m0/s1. The quantitative estimate of drug-likeness (QED) is 0.227. The predicted octanol–water partition coefficient (Wildman–Crippen LogP) is 4.23. The van der Waals surface area contributed by atoms with Crippen molar-refractivity contribution in [2.45, 2.75) is 39.9 Å². The monoisotopic (exact) mass is 449 g/mol. The van der Waals surface area contributed by atoms with E-state index in [4.69, 9.17) is 14.2 Å². The number of esters is 1. The van der Waals surface area contributed by atoms with Crippen LogP contribution >= 0.6 is 0 Å². The van der Waals surface area contributed by atoms with E-state index >= 15 is 0 Å². The maximum atomic E-state index is 12.6. The van der Waals surface area contributed by atoms with Crippen LogP contribution in [0.5, 0.6) is 5.75 Å². The van der Waals surface area contributed by atoms with Gasteiger partial charge in [0.25, 0.3) is 5.09 Å². The van der Waals surface area contributed by atoms with Gasteiger partial charge < -0.3 is 18.9 Å². The molecule has 10 nitrogen and oxygen atoms in total. The second-order valence-corrected chi connectivity index (χ2v) is 8.02. The summed E-state index contributed by atoms with van der Waals surface area (Å²) in [4.78, 5) is 38.4. The van der Waals surface area contributed by atoms with Crippen molar-refractivity contribution in [1.29, 1.82) is 0 Å². The lowest BCUT2D eigenvalue weighted by Crippen LogP contribution is -2.31. The van der Waals surface area contributed by atoms with Gasteiger partial charge in [0.1, 0.15) is 12.4 Å². The number of carbonyl (C=O) groups is 2. The summed E-state index contributed by atoms with van der Waals surface area (Å²) >= 11 is 0. The van der Waals surface area contributed by atoms with E-state index in [0.717, 1.165) is 22.1 Å². The molecule has 0 radical (unpaired) electrons. The van der Waals surface area contributed by atoms with E-state index in [9.17, 15) is 19.7 Å². The van der Waals surface area contributed by atoms with E-state index in [1.807, 2.05) is 36.4 Å². The van der Waals surface area contributed by atoms with E-state index in [1.165, 1.54) is 6.92 Å². The van der Waals surface area contributed by atoms with Crippen LogP contribution in [0.2, 0.25) is 0 Å². The fourth-order valence-electron chi connectivity index (χ4n) is 2.77. The van der Waals surface area contributed by atoms with Crippen LogP contribution in [0, 0.1) is 15.5 Å². The van der Waals surface area contributed by atoms with Crippen molar-refractivity contribution in [2.24, 2.45) is 5.41 Å². The number of carbonyl (C=O) groups excluding carboxylic acids is 2. The molecule has 174 valence electrons. The number of rotatable bonds is 10. The van der Waals surface area contributed by atoms with E-state index in [-0.39, 0.29) is 13.2 Å². The number of benzene rings is 2. The number of hydrogen-bond donors (Lipinski definition) is 0. The van der Waals surface area contributed by atoms with Crippen LogP contribution in [0.4, 0.5) is 4.79 Å². The van der Waals surface area contributed by atoms with Crippen molar-refractivity contribution in [3.63, 3.8) is 0 Å². The zero-order valence-electron chi connectivity index (χ0n) is 18.7. The van der Waals surface area contributed by atoms with Gasteiger partial charge in [-0.05, 0) is 42.3 Å². The van der Waals surface area contributed by atoms with E-state index in [0.29, 0.717) is 0 Å². The normalized spacial score (nSPS) is 13.0. The zero-order chi connectivity index (χ0) is 23.9. The molecule has 2 aromatic rings. The van der Waals surface area contributed by atoms with Gasteiger partial charge in [-0.25, -0.2) is 4.79 Å². The SMILES string of the molecule is COc1ccc2cc(C(C)C(=O)OCC(C)(C)COC(=O)O[C@H](C)O[N+](=O)[O-])ccc2c1. The fourth-order valence-corrected chi connectivity index (χ4v) is 2.77. The largest absolute Gasteiger partial charge is 0.510 e. The fraction of sp³-hybridized carbons (Fsp3) is 0.455. The Morgan fingerprint density at radius 3 is 2.31 bits per heavy atom. The second kappa shape index (κ2) is 10.7. The summed E-state index contributed by atoms with van der Waals surface area (Å²) in [5.41, 5.74) is 0.103. The minimum absolute atomic E-state index is 0.00478. The van der Waals surface area contributed by atoms with Crippen LogP contribution in [0.3, 0.4) is 0 Å². The lowest BCUT2D eigenvalue weighted by atomic mass is 9.95. The molecular formula is C22H27NO9. The Kier molecular flexibility index (Phi) is 8.22. The Balaban J connectivity index is 1.88. The van der Waals surface area contributed by atoms with Gasteiger partial charge in [0.15, 0.2) is 0 Å². The first-order valence-corrected chi connectivity index (χ1v) is 9.89. The van der Waals surface area contributed by atoms with Gasteiger partial charge in [-0.15, -0.1) is 10.1 Å². The van der Waals surface area contributed by atoms with Gasteiger partial charge in [0.2, 0.25) is 6.29 Å². The third kappa shape index (κ3) is 7.29. The minimum Gasteiger partial charge on any atom is -0.497 e. The highest BCUT2D eigenvalue weighted by molar-refractivity contribution is 5.86. The van der Waals surface area contributed by atoms with Gasteiger partial charge >= 0.3 is 12.1 Å². The number of nitrogens with zero attached hydrogens (tertiary/aromatic N) is 1. The summed E-state index contributed by atoms with van der Waals surface area (Å²) in [5, 5.41) is 11.1. The Labute approximate surface area is 185 Å². The summed E-state index contributed by atoms with van der Waals surface area (Å²) in [5.74, 6) is -0.157. The molecule has 0 aromatic heterocycles. The highest BCUT2D eigenvalue weighted by Gasteiger charge is 2.26. The molecule has 1 unspecified atom stereocenters. The molecule has 2 atom stereocenters. The Hall–Kier alpha value is -3.56. The van der Waals surface area contributed by atoms with Gasteiger partial charge in [0, 0.05) is 5.41 Å². The number of methoxy groups -OCH3 is 1. The molecule has 10 heteroatoms. The van der Waals surface area contributed by atoms with Crippen LogP contribution in [-0.4, -0.2) is 43.8 Å². The maximum absolute atomic E-state index is 12.6. The molecule has 2 aromatic carbocycles. The zero-order valence-corrected chi connectivity index (χ0v) is 18.7. The molecule has 0 fully saturated rings. The van der Waals surface area contributed by atoms with Crippen molar-refractivity contribution in [3.8, 4) is 5.75 Å². The van der Waals surface area contributed by atoms with Gasteiger partial charge in [-0.1, -0.05) is 38.1 Å². The molecule has 0 saturated carbocycles. The van der Waals surface area contributed by atoms with Crippen LogP contribution in [0.1, 0.15) is 39.2 Å². The predicted molar refractivity (Wildman–Crippen MR) is 114 cm³/mol. The summed E-state index contributed by atoms with van der Waals surface area (Å²) < 4.78 is 20.2. The first-order chi connectivity index (χ1) is 15.0. The summed E-state index contributed by atoms with van der Waals surface area (Å²) in [7, 11) is 1.61. The molecular weight excluding hydrogens is 422 g/mol. The van der Waals surface area contributed by atoms with Crippen molar-refractivity contribution in [3.05, 3.63) is 52.1 Å². The molecule has 0 spiro atoms. The highest BCUT2D eigenvalue weighted by atomic mass is 17.0. The average Bonchev–Trinajstić information content (AvgIpc) is 2.74. The van der Waals surface area contributed by atoms with E-state index in [2.05, 4.69) is 9.57 Å². The molecule has 0 N–H and O–H groups in total. The Morgan fingerprint density at radius 1 is 1.03 bits per heavy atom. The number of ether oxygens (including phenoxy) is 4. The third-order valence-corrected chi connectivity index (χ3v) is 4.61. The smallest absolute Gasteiger partial charge is 0.497 e. The molecule has 0 bridgehead atoms. The average molecular weight is 449 g/mol. The van der Waals surface area contributed by atoms with Crippen LogP contribution in [0.15, 0.2) is 36.4 Å². The molecule has 0 amide bonds. The summed E-state index contributed by atoms with van der Waals surface area (Å²) in [6.45, 7) is 6.27. The van der Waals surface area contributed by atoms with Crippen molar-refractivity contribution in [2.75, 3.05) is 20.3 Å². The number of fused-ring (bicyclic) bond motifs is 1. The van der Waals surface area contributed by atoms with Gasteiger partial charge in [-0.2, -0.15) is 0 Å². The van der Waals surface area contributed by atoms with Gasteiger partial charge in [0.05, 0.1) is 19.6 Å². The maximum Gasteiger partial charge on any atom is 0.510 e. The molecule has 0 aliphatic rings. The van der Waals surface area contributed by atoms with Crippen molar-refractivity contribution >= 4 is 22.9 Å². The Bertz CT molecular complexity index is 973. The van der Waals surface area contributed by atoms with E-state index in [1.54, 1.807) is 27.9 Å². The second-order valence-electron chi connectivity index (χ2n) is 8.02. The molecule has 0 heterocycles. The molecule has 2 rings (SSSR count). The first-order valence-electron chi connectivity index (χ1n) is 9.89. The Morgan fingerprint density at radius 2 is 1.66 bits per heavy atom. The number of hydrogen-bond acceptors (Lipinski definition) is 9. The molecule has 0 aliphatic carbocycles. The summed E-state index contributed by atoms with van der Waals surface area (Å²) in [6, 6.07) is 11.4. The van der Waals surface area contributed by atoms with E-state index < -0.39 is 34.8 Å². The third-order valence-electron chi connectivity index (χ3n) is 4.61. The molecule has 32 heavy (non-hydrogen) atoms. The van der Waals surface area contributed by atoms with Crippen molar-refractivity contribution < 1.29 is 38.5 Å². The minimum atomic E-state index is -1.40. The first kappa shape index (κ1) is 24.7. The molecule has 0 saturated heterocycles. The van der Waals surface area contributed by atoms with Crippen LogP contribution in [-0.2, 0) is 23.8 Å². The highest BCUT2D eigenvalue weighted by Crippen LogP contribution is 2.26.